The third-order valence-electron chi connectivity index (χ3n) is 5.67. The highest BCUT2D eigenvalue weighted by Gasteiger charge is 2.42. The highest BCUT2D eigenvalue weighted by molar-refractivity contribution is 5.86. The molecule has 2 aromatic heterocycles. The predicted molar refractivity (Wildman–Crippen MR) is 111 cm³/mol. The molecule has 0 aromatic carbocycles. The molecule has 1 atom stereocenters. The molecule has 2 N–H and O–H groups in total. The van der Waals surface area contributed by atoms with E-state index in [2.05, 4.69) is 30.5 Å². The Labute approximate surface area is 177 Å². The van der Waals surface area contributed by atoms with Gasteiger partial charge in [-0.3, -0.25) is 9.48 Å². The summed E-state index contributed by atoms with van der Waals surface area (Å²) in [5, 5.41) is 19.7. The Bertz CT molecular complexity index is 756. The van der Waals surface area contributed by atoms with Crippen LogP contribution < -0.4 is 10.6 Å². The van der Waals surface area contributed by atoms with E-state index in [-0.39, 0.29) is 36.8 Å². The van der Waals surface area contributed by atoms with Crippen molar-refractivity contribution in [3.63, 3.8) is 0 Å². The molecule has 28 heavy (non-hydrogen) atoms. The van der Waals surface area contributed by atoms with Gasteiger partial charge in [-0.25, -0.2) is 0 Å². The smallest absolute Gasteiger partial charge is 0.248 e. The zero-order chi connectivity index (χ0) is 18.0. The summed E-state index contributed by atoms with van der Waals surface area (Å²) in [6, 6.07) is 1.70. The summed E-state index contributed by atoms with van der Waals surface area (Å²) < 4.78 is 4.02. The number of nitrogens with one attached hydrogen (secondary N) is 2. The average molecular weight is 430 g/mol. The van der Waals surface area contributed by atoms with Crippen molar-refractivity contribution in [2.24, 2.45) is 0 Å². The molecule has 2 aliphatic rings. The maximum atomic E-state index is 13.3. The number of hydrogen-bond donors (Lipinski definition) is 2. The normalized spacial score (nSPS) is 19.3. The van der Waals surface area contributed by atoms with Gasteiger partial charge in [-0.1, -0.05) is 6.42 Å². The summed E-state index contributed by atoms with van der Waals surface area (Å²) in [6.45, 7) is 4.55. The first kappa shape index (κ1) is 22.6. The quantitative estimate of drug-likeness (QED) is 0.775. The molecule has 0 radical (unpaired) electrons. The minimum absolute atomic E-state index is 0. The monoisotopic (exact) mass is 429 g/mol. The van der Waals surface area contributed by atoms with Crippen LogP contribution >= 0.6 is 24.8 Å². The maximum absolute atomic E-state index is 13.3. The van der Waals surface area contributed by atoms with Crippen LogP contribution in [-0.4, -0.2) is 43.5 Å². The molecule has 4 heterocycles. The number of piperidine rings is 1. The van der Waals surface area contributed by atoms with Crippen molar-refractivity contribution in [2.45, 2.75) is 63.6 Å². The molecule has 1 fully saturated rings. The van der Waals surface area contributed by atoms with E-state index >= 15 is 0 Å². The molecule has 1 saturated heterocycles. The summed E-state index contributed by atoms with van der Waals surface area (Å²) in [5.41, 5.74) is -0.634. The Morgan fingerprint density at radius 2 is 2.00 bits per heavy atom. The topological polar surface area (TPSA) is 89.7 Å². The number of fused-ring (bicyclic) bond motifs is 1. The van der Waals surface area contributed by atoms with Crippen LogP contribution in [0.2, 0.25) is 0 Å². The van der Waals surface area contributed by atoms with Crippen LogP contribution in [0.25, 0.3) is 0 Å². The Kier molecular flexibility index (Phi) is 7.86. The molecule has 0 unspecified atom stereocenters. The maximum Gasteiger partial charge on any atom is 0.248 e. The van der Waals surface area contributed by atoms with Gasteiger partial charge in [0.1, 0.15) is 11.4 Å². The van der Waals surface area contributed by atoms with E-state index < -0.39 is 5.54 Å². The molecule has 1 amide bonds. The Morgan fingerprint density at radius 1 is 1.21 bits per heavy atom. The van der Waals surface area contributed by atoms with Crippen molar-refractivity contribution < 1.29 is 4.79 Å². The molecule has 2 aliphatic heterocycles. The largest absolute Gasteiger partial charge is 0.344 e. The fourth-order valence-electron chi connectivity index (χ4n) is 4.15. The van der Waals surface area contributed by atoms with Crippen LogP contribution in [0.15, 0.2) is 18.5 Å². The van der Waals surface area contributed by atoms with Crippen molar-refractivity contribution in [1.82, 2.24) is 35.2 Å². The van der Waals surface area contributed by atoms with Gasteiger partial charge in [-0.2, -0.15) is 5.10 Å². The van der Waals surface area contributed by atoms with E-state index in [9.17, 15) is 4.79 Å². The summed E-state index contributed by atoms with van der Waals surface area (Å²) in [7, 11) is 0. The molecular weight excluding hydrogens is 401 g/mol. The average Bonchev–Trinajstić information content (AvgIpc) is 3.28. The van der Waals surface area contributed by atoms with Crippen LogP contribution in [-0.2, 0) is 23.3 Å². The first-order valence-corrected chi connectivity index (χ1v) is 9.64. The second-order valence-corrected chi connectivity index (χ2v) is 7.36. The number of carbonyl (C=O) groups is 1. The summed E-state index contributed by atoms with van der Waals surface area (Å²) >= 11 is 0. The number of rotatable bonds is 4. The van der Waals surface area contributed by atoms with E-state index in [4.69, 9.17) is 0 Å². The number of halogens is 2. The van der Waals surface area contributed by atoms with Gasteiger partial charge in [-0.15, -0.1) is 35.0 Å². The van der Waals surface area contributed by atoms with E-state index in [1.807, 2.05) is 23.9 Å². The van der Waals surface area contributed by atoms with Crippen LogP contribution in [0, 0.1) is 0 Å². The number of hydrogen-bond acceptors (Lipinski definition) is 5. The lowest BCUT2D eigenvalue weighted by Gasteiger charge is -2.37. The molecule has 0 saturated carbocycles. The minimum Gasteiger partial charge on any atom is -0.344 e. The zero-order valence-corrected chi connectivity index (χ0v) is 17.8. The van der Waals surface area contributed by atoms with Gasteiger partial charge in [0.2, 0.25) is 5.91 Å². The molecule has 0 aliphatic carbocycles. The van der Waals surface area contributed by atoms with E-state index in [1.54, 1.807) is 6.20 Å². The van der Waals surface area contributed by atoms with Gasteiger partial charge in [0.25, 0.3) is 0 Å². The van der Waals surface area contributed by atoms with Gasteiger partial charge in [0.05, 0.1) is 6.04 Å². The summed E-state index contributed by atoms with van der Waals surface area (Å²) in [6.07, 6.45) is 9.57. The molecule has 2 aromatic rings. The fourth-order valence-corrected chi connectivity index (χ4v) is 4.15. The molecular formula is C18H29Cl2N7O. The number of aryl methyl sites for hydroxylation is 1. The van der Waals surface area contributed by atoms with Gasteiger partial charge in [0.15, 0.2) is 5.82 Å². The lowest BCUT2D eigenvalue weighted by atomic mass is 9.87. The van der Waals surface area contributed by atoms with E-state index in [1.165, 1.54) is 6.42 Å². The first-order valence-electron chi connectivity index (χ1n) is 9.64. The number of amides is 1. The standard InChI is InChI=1S/C18H27N7O.2ClH/c1-14(16-23-22-15-6-3-2-4-12-24(15)16)21-17(26)18(7-10-19-11-8-18)25-13-5-9-20-25;;/h5,9,13-14,19H,2-4,6-8,10-12H2,1H3,(H,21,26);2*1H/t14-;;/m1../s1. The number of aromatic nitrogens is 5. The van der Waals surface area contributed by atoms with Crippen LogP contribution in [0.3, 0.4) is 0 Å². The minimum atomic E-state index is -0.634. The fraction of sp³-hybridized carbons (Fsp3) is 0.667. The number of nitrogens with zero attached hydrogens (tertiary/aromatic N) is 5. The van der Waals surface area contributed by atoms with Crippen molar-refractivity contribution in [2.75, 3.05) is 13.1 Å². The molecule has 10 heteroatoms. The zero-order valence-electron chi connectivity index (χ0n) is 16.1. The molecule has 8 nitrogen and oxygen atoms in total. The first-order chi connectivity index (χ1) is 12.7. The Hall–Kier alpha value is -1.64. The Morgan fingerprint density at radius 3 is 2.71 bits per heavy atom. The van der Waals surface area contributed by atoms with Gasteiger partial charge in [-0.05, 0) is 51.8 Å². The summed E-state index contributed by atoms with van der Waals surface area (Å²) in [4.78, 5) is 13.3. The van der Waals surface area contributed by atoms with Crippen LogP contribution in [0.4, 0.5) is 0 Å². The SMILES string of the molecule is C[C@@H](NC(=O)C1(n2cccn2)CCNCC1)c1nnc2n1CCCCC2.Cl.Cl. The van der Waals surface area contributed by atoms with Gasteiger partial charge in [0, 0.05) is 25.4 Å². The third kappa shape index (κ3) is 4.18. The molecule has 4 rings (SSSR count). The van der Waals surface area contributed by atoms with E-state index in [0.717, 1.165) is 63.4 Å². The molecule has 0 bridgehead atoms. The lowest BCUT2D eigenvalue weighted by molar-refractivity contribution is -0.132. The second kappa shape index (κ2) is 9.71. The highest BCUT2D eigenvalue weighted by Crippen LogP contribution is 2.28. The van der Waals surface area contributed by atoms with Crippen LogP contribution in [0.5, 0.6) is 0 Å². The van der Waals surface area contributed by atoms with Gasteiger partial charge >= 0.3 is 0 Å². The van der Waals surface area contributed by atoms with Crippen molar-refractivity contribution in [1.29, 1.82) is 0 Å². The van der Waals surface area contributed by atoms with Crippen molar-refractivity contribution >= 4 is 30.7 Å². The summed E-state index contributed by atoms with van der Waals surface area (Å²) in [5.74, 6) is 1.92. The Balaban J connectivity index is 0.00000140. The van der Waals surface area contributed by atoms with Crippen LogP contribution in [0.1, 0.15) is 56.7 Å². The molecule has 0 spiro atoms. The van der Waals surface area contributed by atoms with Crippen molar-refractivity contribution in [3.05, 3.63) is 30.1 Å². The second-order valence-electron chi connectivity index (χ2n) is 7.36. The molecule has 156 valence electrons. The third-order valence-corrected chi connectivity index (χ3v) is 5.67. The van der Waals surface area contributed by atoms with Crippen molar-refractivity contribution in [3.8, 4) is 0 Å². The highest BCUT2D eigenvalue weighted by atomic mass is 35.5. The van der Waals surface area contributed by atoms with Gasteiger partial charge < -0.3 is 15.2 Å². The predicted octanol–water partition coefficient (Wildman–Crippen LogP) is 2.00. The number of carbonyl (C=O) groups excluding carboxylic acids is 1. The lowest BCUT2D eigenvalue weighted by Crippen LogP contribution is -2.55. The van der Waals surface area contributed by atoms with E-state index in [0.29, 0.717) is 0 Å².